The highest BCUT2D eigenvalue weighted by atomic mass is 127. The molecule has 0 aromatic carbocycles. The quantitative estimate of drug-likeness (QED) is 0.210. The van der Waals surface area contributed by atoms with Gasteiger partial charge < -0.3 is 24.8 Å². The van der Waals surface area contributed by atoms with E-state index >= 15 is 0 Å². The number of hydrogen-bond donors (Lipinski definition) is 2. The van der Waals surface area contributed by atoms with Gasteiger partial charge >= 0.3 is 0 Å². The Morgan fingerprint density at radius 1 is 1.17 bits per heavy atom. The summed E-state index contributed by atoms with van der Waals surface area (Å²) in [5.74, 6) is 0.892. The van der Waals surface area contributed by atoms with Crippen LogP contribution in [0.15, 0.2) is 4.99 Å². The van der Waals surface area contributed by atoms with Crippen LogP contribution in [0.25, 0.3) is 0 Å². The van der Waals surface area contributed by atoms with Crippen molar-refractivity contribution in [2.45, 2.75) is 45.6 Å². The van der Waals surface area contributed by atoms with Crippen LogP contribution < -0.4 is 10.6 Å². The minimum absolute atomic E-state index is 0. The van der Waals surface area contributed by atoms with Crippen molar-refractivity contribution in [2.75, 3.05) is 52.7 Å². The summed E-state index contributed by atoms with van der Waals surface area (Å²) in [5, 5.41) is 6.62. The lowest BCUT2D eigenvalue weighted by molar-refractivity contribution is 0.0424. The van der Waals surface area contributed by atoms with Crippen LogP contribution in [0.2, 0.25) is 0 Å². The number of halogens is 1. The van der Waals surface area contributed by atoms with Crippen molar-refractivity contribution in [3.05, 3.63) is 0 Å². The second-order valence-electron chi connectivity index (χ2n) is 5.30. The Kier molecular flexibility index (Phi) is 16.6. The molecule has 0 aromatic heterocycles. The first-order chi connectivity index (χ1) is 10.9. The molecule has 0 amide bonds. The summed E-state index contributed by atoms with van der Waals surface area (Å²) in [6, 6.07) is 0. The predicted octanol–water partition coefficient (Wildman–Crippen LogP) is 2.17. The molecule has 1 fully saturated rings. The van der Waals surface area contributed by atoms with E-state index in [2.05, 4.69) is 22.5 Å². The van der Waals surface area contributed by atoms with Crippen LogP contribution in [0.4, 0.5) is 0 Å². The van der Waals surface area contributed by atoms with Crippen molar-refractivity contribution in [1.82, 2.24) is 10.6 Å². The highest BCUT2D eigenvalue weighted by Crippen LogP contribution is 2.08. The van der Waals surface area contributed by atoms with Crippen molar-refractivity contribution in [3.63, 3.8) is 0 Å². The largest absolute Gasteiger partial charge is 0.382 e. The predicted molar refractivity (Wildman–Crippen MR) is 105 cm³/mol. The van der Waals surface area contributed by atoms with Gasteiger partial charge in [0, 0.05) is 46.1 Å². The van der Waals surface area contributed by atoms with Crippen LogP contribution in [0.5, 0.6) is 0 Å². The molecule has 2 N–H and O–H groups in total. The number of guanidine groups is 1. The topological polar surface area (TPSA) is 64.1 Å². The minimum Gasteiger partial charge on any atom is -0.382 e. The average molecular weight is 443 g/mol. The van der Waals surface area contributed by atoms with E-state index in [1.807, 2.05) is 6.92 Å². The van der Waals surface area contributed by atoms with Gasteiger partial charge in [0.25, 0.3) is 0 Å². The second kappa shape index (κ2) is 16.7. The zero-order valence-corrected chi connectivity index (χ0v) is 17.0. The normalized spacial score (nSPS) is 17.8. The van der Waals surface area contributed by atoms with Crippen LogP contribution in [0.3, 0.4) is 0 Å². The van der Waals surface area contributed by atoms with E-state index in [0.29, 0.717) is 6.10 Å². The van der Waals surface area contributed by atoms with Gasteiger partial charge in [-0.25, -0.2) is 0 Å². The Morgan fingerprint density at radius 2 is 2.04 bits per heavy atom. The molecule has 0 saturated carbocycles. The smallest absolute Gasteiger partial charge is 0.191 e. The van der Waals surface area contributed by atoms with Crippen LogP contribution in [0, 0.1) is 0 Å². The summed E-state index contributed by atoms with van der Waals surface area (Å²) < 4.78 is 16.3. The highest BCUT2D eigenvalue weighted by molar-refractivity contribution is 14.0. The molecule has 0 aliphatic carbocycles. The third kappa shape index (κ3) is 12.9. The molecule has 0 spiro atoms. The van der Waals surface area contributed by atoms with Crippen molar-refractivity contribution in [3.8, 4) is 0 Å². The molecule has 6 nitrogen and oxygen atoms in total. The number of rotatable bonds is 12. The maximum Gasteiger partial charge on any atom is 0.191 e. The molecule has 7 heteroatoms. The van der Waals surface area contributed by atoms with Gasteiger partial charge in [0.05, 0.1) is 12.7 Å². The third-order valence-electron chi connectivity index (χ3n) is 3.37. The fourth-order valence-corrected chi connectivity index (χ4v) is 2.17. The molecule has 1 aliphatic rings. The molecule has 23 heavy (non-hydrogen) atoms. The molecule has 0 aromatic rings. The van der Waals surface area contributed by atoms with Gasteiger partial charge in [0.2, 0.25) is 0 Å². The molecule has 0 radical (unpaired) electrons. The molecule has 1 heterocycles. The Labute approximate surface area is 158 Å². The first kappa shape index (κ1) is 22.9. The van der Waals surface area contributed by atoms with Crippen LogP contribution in [0.1, 0.15) is 39.5 Å². The lowest BCUT2D eigenvalue weighted by atomic mass is 10.3. The Balaban J connectivity index is 0.00000484. The molecule has 1 rings (SSSR count). The van der Waals surface area contributed by atoms with Crippen molar-refractivity contribution in [2.24, 2.45) is 4.99 Å². The maximum atomic E-state index is 5.73. The summed E-state index contributed by atoms with van der Waals surface area (Å²) in [4.78, 5) is 4.56. The van der Waals surface area contributed by atoms with Gasteiger partial charge in [0.15, 0.2) is 5.96 Å². The lowest BCUT2D eigenvalue weighted by Crippen LogP contribution is -2.38. The Bertz CT molecular complexity index is 288. The summed E-state index contributed by atoms with van der Waals surface area (Å²) in [5.41, 5.74) is 0. The fraction of sp³-hybridized carbons (Fsp3) is 0.938. The summed E-state index contributed by atoms with van der Waals surface area (Å²) in [6.45, 7) is 10.7. The SMILES string of the molecule is CCNC(=NCCCOC1CCOC1)NCCCCOCC.I. The summed E-state index contributed by atoms with van der Waals surface area (Å²) in [6.07, 6.45) is 4.43. The van der Waals surface area contributed by atoms with E-state index in [9.17, 15) is 0 Å². The van der Waals surface area contributed by atoms with Crippen LogP contribution in [-0.4, -0.2) is 64.7 Å². The van der Waals surface area contributed by atoms with Crippen molar-refractivity contribution >= 4 is 29.9 Å². The van der Waals surface area contributed by atoms with Gasteiger partial charge in [0.1, 0.15) is 0 Å². The van der Waals surface area contributed by atoms with Gasteiger partial charge in [-0.2, -0.15) is 0 Å². The first-order valence-electron chi connectivity index (χ1n) is 8.66. The Morgan fingerprint density at radius 3 is 2.74 bits per heavy atom. The van der Waals surface area contributed by atoms with Crippen molar-refractivity contribution in [1.29, 1.82) is 0 Å². The number of ether oxygens (including phenoxy) is 3. The number of nitrogens with one attached hydrogen (secondary N) is 2. The van der Waals surface area contributed by atoms with E-state index in [4.69, 9.17) is 14.2 Å². The molecule has 1 aliphatic heterocycles. The summed E-state index contributed by atoms with van der Waals surface area (Å²) >= 11 is 0. The molecule has 1 unspecified atom stereocenters. The second-order valence-corrected chi connectivity index (χ2v) is 5.30. The molecular weight excluding hydrogens is 409 g/mol. The van der Waals surface area contributed by atoms with Crippen LogP contribution in [-0.2, 0) is 14.2 Å². The number of hydrogen-bond acceptors (Lipinski definition) is 4. The standard InChI is InChI=1S/C16H33N3O3.HI/c1-3-17-16(18-9-5-6-11-20-4-2)19-10-7-12-22-15-8-13-21-14-15;/h15H,3-14H2,1-2H3,(H2,17,18,19);1H. The van der Waals surface area contributed by atoms with Gasteiger partial charge in [-0.1, -0.05) is 0 Å². The monoisotopic (exact) mass is 443 g/mol. The van der Waals surface area contributed by atoms with Crippen LogP contribution >= 0.6 is 24.0 Å². The van der Waals surface area contributed by atoms with E-state index < -0.39 is 0 Å². The molecule has 1 atom stereocenters. The lowest BCUT2D eigenvalue weighted by Gasteiger charge is -2.12. The third-order valence-corrected chi connectivity index (χ3v) is 3.37. The first-order valence-corrected chi connectivity index (χ1v) is 8.66. The zero-order valence-electron chi connectivity index (χ0n) is 14.6. The average Bonchev–Trinajstić information content (AvgIpc) is 3.03. The molecular formula is C16H34IN3O3. The zero-order chi connectivity index (χ0) is 15.9. The number of nitrogens with zero attached hydrogens (tertiary/aromatic N) is 1. The van der Waals surface area contributed by atoms with E-state index in [-0.39, 0.29) is 24.0 Å². The van der Waals surface area contributed by atoms with E-state index in [1.165, 1.54) is 0 Å². The van der Waals surface area contributed by atoms with Crippen molar-refractivity contribution < 1.29 is 14.2 Å². The summed E-state index contributed by atoms with van der Waals surface area (Å²) in [7, 11) is 0. The van der Waals surface area contributed by atoms with Gasteiger partial charge in [-0.05, 0) is 39.5 Å². The van der Waals surface area contributed by atoms with E-state index in [1.54, 1.807) is 0 Å². The molecule has 138 valence electrons. The number of aliphatic imine (C=N–C) groups is 1. The molecule has 1 saturated heterocycles. The Hall–Kier alpha value is -0.120. The number of unbranched alkanes of at least 4 members (excludes halogenated alkanes) is 1. The fourth-order valence-electron chi connectivity index (χ4n) is 2.17. The maximum absolute atomic E-state index is 5.73. The minimum atomic E-state index is 0. The van der Waals surface area contributed by atoms with Gasteiger partial charge in [-0.3, -0.25) is 4.99 Å². The van der Waals surface area contributed by atoms with E-state index in [0.717, 1.165) is 84.3 Å². The molecule has 0 bridgehead atoms. The highest BCUT2D eigenvalue weighted by Gasteiger charge is 2.15. The van der Waals surface area contributed by atoms with Gasteiger partial charge in [-0.15, -0.1) is 24.0 Å².